The van der Waals surface area contributed by atoms with Gasteiger partial charge in [-0.3, -0.25) is 0 Å². The summed E-state index contributed by atoms with van der Waals surface area (Å²) >= 11 is 0. The van der Waals surface area contributed by atoms with E-state index in [0.717, 1.165) is 49.1 Å². The zero-order chi connectivity index (χ0) is 46.8. The molecule has 0 aliphatic carbocycles. The number of carboxylic acid groups (broad SMARTS) is 2. The third-order valence-corrected chi connectivity index (χ3v) is 11.7. The van der Waals surface area contributed by atoms with E-state index >= 15 is 0 Å². The molecule has 0 bridgehead atoms. The van der Waals surface area contributed by atoms with Gasteiger partial charge in [0.25, 0.3) is 0 Å². The molecular formula is C55H84ClN5O4. The molecule has 0 amide bonds. The molecule has 0 atom stereocenters. The van der Waals surface area contributed by atoms with Gasteiger partial charge in [0.15, 0.2) is 23.8 Å². The minimum absolute atomic E-state index is 0. The van der Waals surface area contributed by atoms with Gasteiger partial charge in [0.05, 0.1) is 22.1 Å². The van der Waals surface area contributed by atoms with E-state index in [0.29, 0.717) is 0 Å². The number of para-hydroxylation sites is 2. The van der Waals surface area contributed by atoms with Gasteiger partial charge in [-0.15, -0.1) is 0 Å². The van der Waals surface area contributed by atoms with Crippen LogP contribution in [0.4, 0.5) is 11.4 Å². The van der Waals surface area contributed by atoms with Gasteiger partial charge in [-0.25, -0.2) is 4.57 Å². The van der Waals surface area contributed by atoms with Crippen molar-refractivity contribution in [1.82, 2.24) is 0 Å². The van der Waals surface area contributed by atoms with Gasteiger partial charge in [-0.05, 0) is 45.2 Å². The number of pyridine rings is 3. The average Bonchev–Trinajstić information content (AvgIpc) is 3.26. The fourth-order valence-corrected chi connectivity index (χ4v) is 8.31. The van der Waals surface area contributed by atoms with Crippen LogP contribution in [0, 0.1) is 13.8 Å². The number of carboxylic acids is 2. The molecule has 65 heavy (non-hydrogen) atoms. The van der Waals surface area contributed by atoms with Crippen LogP contribution in [0.25, 0.3) is 21.8 Å². The first kappa shape index (κ1) is 58.3. The monoisotopic (exact) mass is 914 g/mol. The summed E-state index contributed by atoms with van der Waals surface area (Å²) in [7, 11) is 0. The summed E-state index contributed by atoms with van der Waals surface area (Å²) in [6, 6.07) is 27.5. The van der Waals surface area contributed by atoms with Crippen molar-refractivity contribution in [3.63, 3.8) is 0 Å². The summed E-state index contributed by atoms with van der Waals surface area (Å²) in [4.78, 5) is 17.8. The number of benzene rings is 2. The maximum Gasteiger partial charge on any atom is 0.214 e. The number of hydrogen-bond donors (Lipinski definition) is 2. The lowest BCUT2D eigenvalue weighted by atomic mass is 10.0. The molecule has 3 aromatic heterocycles. The number of carbonyl (C=O) groups is 2. The van der Waals surface area contributed by atoms with Crippen LogP contribution in [0.5, 0.6) is 0 Å². The molecule has 5 rings (SSSR count). The van der Waals surface area contributed by atoms with E-state index in [2.05, 4.69) is 126 Å². The molecule has 0 fully saturated rings. The lowest BCUT2D eigenvalue weighted by Crippen LogP contribution is -3.00. The van der Waals surface area contributed by atoms with Gasteiger partial charge in [-0.1, -0.05) is 140 Å². The Balaban J connectivity index is 0.000000586. The highest BCUT2D eigenvalue weighted by molar-refractivity contribution is 5.88. The lowest BCUT2D eigenvalue weighted by Gasteiger charge is -2.08. The van der Waals surface area contributed by atoms with Crippen LogP contribution in [-0.4, -0.2) is 11.9 Å². The molecule has 2 aromatic carbocycles. The minimum atomic E-state index is -1.08. The van der Waals surface area contributed by atoms with Crippen LogP contribution in [-0.2, 0) is 29.2 Å². The van der Waals surface area contributed by atoms with Crippen molar-refractivity contribution in [2.24, 2.45) is 0 Å². The Morgan fingerprint density at radius 3 is 1.09 bits per heavy atom. The molecule has 4 N–H and O–H groups in total. The van der Waals surface area contributed by atoms with E-state index in [1.165, 1.54) is 170 Å². The Labute approximate surface area is 399 Å². The standard InChI is InChI=1S/C30H38N4.C21H38N.2C2H4O2.ClH/c1-23-21-27(31)25-15-9-11-17-29(25)33(23)19-13-7-5-3-4-6-8-14-20-34-24(2)22-28(32)26-16-10-12-18-30(26)34;1-2-3-4-5-6-7-8-9-10-11-12-13-14-16-19-22-20-17-15-18-21-22;2*1-2(3)4;/h9-12,15-18,21-22,31-32H,3-8,13-14,19-20H2,1-2H3;15,17-18,20-21H,2-14,16,19H2,1H3;2*1H3,(H,3,4);1H/q;+1;;;/p-1. The minimum Gasteiger partial charge on any atom is -1.00 e. The van der Waals surface area contributed by atoms with Crippen LogP contribution in [0.1, 0.15) is 173 Å². The smallest absolute Gasteiger partial charge is 0.214 e. The number of anilines is 2. The number of nitrogens with two attached hydrogens (primary N) is 2. The summed E-state index contributed by atoms with van der Waals surface area (Å²) in [6.07, 6.45) is 34.8. The topological polar surface area (TPSA) is 144 Å². The molecule has 0 unspecified atom stereocenters. The van der Waals surface area contributed by atoms with Crippen LogP contribution in [0.2, 0.25) is 0 Å². The quantitative estimate of drug-likeness (QED) is 0.0446. The number of fused-ring (bicyclic) bond motifs is 2. The summed E-state index contributed by atoms with van der Waals surface area (Å²) in [5.74, 6) is -2.17. The number of halogens is 1. The van der Waals surface area contributed by atoms with Gasteiger partial charge < -0.3 is 43.7 Å². The molecular weight excluding hydrogens is 830 g/mol. The molecule has 0 radical (unpaired) electrons. The van der Waals surface area contributed by atoms with Crippen LogP contribution in [0.15, 0.2) is 91.3 Å². The zero-order valence-electron chi connectivity index (χ0n) is 40.8. The number of hydrogen-bond acceptors (Lipinski definition) is 6. The first-order valence-electron chi connectivity index (χ1n) is 24.6. The largest absolute Gasteiger partial charge is 1.00 e. The third kappa shape index (κ3) is 26.1. The van der Waals surface area contributed by atoms with Crippen molar-refractivity contribution in [1.29, 1.82) is 0 Å². The number of aromatic nitrogens is 3. The van der Waals surface area contributed by atoms with E-state index in [1.807, 2.05) is 0 Å². The van der Waals surface area contributed by atoms with Crippen LogP contribution in [0.3, 0.4) is 0 Å². The Morgan fingerprint density at radius 2 is 0.754 bits per heavy atom. The molecule has 0 saturated carbocycles. The van der Waals surface area contributed by atoms with Crippen molar-refractivity contribution < 1.29 is 45.9 Å². The number of aliphatic carboxylic acids is 2. The fraction of sp³-hybridized carbons (Fsp3) is 0.545. The molecule has 0 aliphatic rings. The second-order valence-corrected chi connectivity index (χ2v) is 17.3. The number of nitrogen functional groups attached to an aromatic ring is 2. The highest BCUT2D eigenvalue weighted by Crippen LogP contribution is 2.21. The molecule has 0 aliphatic heterocycles. The van der Waals surface area contributed by atoms with E-state index in [4.69, 9.17) is 31.3 Å². The van der Waals surface area contributed by atoms with E-state index in [9.17, 15) is 0 Å². The van der Waals surface area contributed by atoms with Gasteiger partial charge >= 0.3 is 0 Å². The van der Waals surface area contributed by atoms with E-state index < -0.39 is 11.9 Å². The van der Waals surface area contributed by atoms with Gasteiger partial charge in [0, 0.05) is 81.4 Å². The predicted octanol–water partition coefficient (Wildman–Crippen LogP) is 7.14. The first-order chi connectivity index (χ1) is 31.0. The van der Waals surface area contributed by atoms with Crippen molar-refractivity contribution in [3.8, 4) is 0 Å². The number of unbranched alkanes of at least 4 members (excludes halogenated alkanes) is 20. The molecule has 0 spiro atoms. The Bertz CT molecular complexity index is 1910. The summed E-state index contributed by atoms with van der Waals surface area (Å²) in [5, 5.41) is 20.1. The molecule has 5 aromatic rings. The number of nitrogens with zero attached hydrogens (tertiary/aromatic N) is 3. The van der Waals surface area contributed by atoms with Gasteiger partial charge in [0.2, 0.25) is 11.0 Å². The zero-order valence-corrected chi connectivity index (χ0v) is 41.6. The van der Waals surface area contributed by atoms with Crippen molar-refractivity contribution in [2.45, 2.75) is 196 Å². The highest BCUT2D eigenvalue weighted by Gasteiger charge is 2.16. The van der Waals surface area contributed by atoms with Crippen molar-refractivity contribution >= 4 is 45.1 Å². The van der Waals surface area contributed by atoms with Gasteiger partial charge in [-0.2, -0.15) is 9.13 Å². The predicted molar refractivity (Wildman–Crippen MR) is 262 cm³/mol. The van der Waals surface area contributed by atoms with E-state index in [-0.39, 0.29) is 12.4 Å². The molecule has 0 saturated heterocycles. The number of aryl methyl sites for hydroxylation is 5. The summed E-state index contributed by atoms with van der Waals surface area (Å²) < 4.78 is 7.14. The maximum atomic E-state index is 8.89. The lowest BCUT2D eigenvalue weighted by molar-refractivity contribution is -0.697. The Kier molecular flexibility index (Phi) is 32.7. The van der Waals surface area contributed by atoms with Gasteiger partial charge in [0.1, 0.15) is 19.6 Å². The molecule has 9 nitrogen and oxygen atoms in total. The number of rotatable bonds is 26. The van der Waals surface area contributed by atoms with Crippen molar-refractivity contribution in [2.75, 3.05) is 11.5 Å². The van der Waals surface area contributed by atoms with E-state index in [1.54, 1.807) is 0 Å². The van der Waals surface area contributed by atoms with Crippen LogP contribution < -0.4 is 47.8 Å². The second-order valence-electron chi connectivity index (χ2n) is 17.3. The highest BCUT2D eigenvalue weighted by atomic mass is 35.5. The van der Waals surface area contributed by atoms with Crippen molar-refractivity contribution in [3.05, 3.63) is 103 Å². The summed E-state index contributed by atoms with van der Waals surface area (Å²) in [5.41, 5.74) is 19.2. The molecule has 3 heterocycles. The SMILES string of the molecule is CC(=O)[O-].CC(=O)[O-].CCCCCCCCCCCCCCCC[n+]1ccccc1.Cc1cc(N)c2ccccc2[n+]1CCCCCCCCCC[n+]1c(C)cc(N)c2ccccc21.[Cl-]. The Morgan fingerprint density at radius 1 is 0.462 bits per heavy atom. The Hall–Kier alpha value is -4.76. The fourth-order valence-electron chi connectivity index (χ4n) is 8.31. The number of carbonyl (C=O) groups excluding carboxylic acids is 2. The third-order valence-electron chi connectivity index (χ3n) is 11.7. The average molecular weight is 915 g/mol. The van der Waals surface area contributed by atoms with Crippen LogP contribution >= 0.6 is 0 Å². The normalized spacial score (nSPS) is 10.5. The molecule has 10 heteroatoms. The summed E-state index contributed by atoms with van der Waals surface area (Å²) in [6.45, 7) is 11.9. The molecule has 360 valence electrons. The maximum absolute atomic E-state index is 8.89. The second kappa shape index (κ2) is 36.5. The first-order valence-corrected chi connectivity index (χ1v) is 24.6.